The van der Waals surface area contributed by atoms with Crippen LogP contribution in [-0.4, -0.2) is 50.8 Å². The number of morpholine rings is 1. The van der Waals surface area contributed by atoms with Gasteiger partial charge in [-0.1, -0.05) is 0 Å². The van der Waals surface area contributed by atoms with E-state index in [4.69, 9.17) is 4.74 Å². The Labute approximate surface area is 112 Å². The fourth-order valence-electron chi connectivity index (χ4n) is 2.41. The van der Waals surface area contributed by atoms with Crippen molar-refractivity contribution in [3.8, 4) is 0 Å². The zero-order chi connectivity index (χ0) is 13.8. The van der Waals surface area contributed by atoms with Gasteiger partial charge >= 0.3 is 0 Å². The molecule has 1 aliphatic heterocycles. The van der Waals surface area contributed by atoms with Crippen LogP contribution >= 0.6 is 0 Å². The SMILES string of the molecule is CNC(Cc1cc(F)ccc1F)C1CN(C)CCO1. The van der Waals surface area contributed by atoms with Crippen LogP contribution in [-0.2, 0) is 11.2 Å². The Kier molecular flexibility index (Phi) is 4.85. The average Bonchev–Trinajstić information content (AvgIpc) is 2.39. The molecule has 3 nitrogen and oxygen atoms in total. The van der Waals surface area contributed by atoms with E-state index in [2.05, 4.69) is 10.2 Å². The first-order chi connectivity index (χ1) is 9.10. The minimum absolute atomic E-state index is 0.00795. The number of halogens is 2. The molecule has 0 radical (unpaired) electrons. The lowest BCUT2D eigenvalue weighted by molar-refractivity contribution is -0.0373. The number of ether oxygens (including phenoxy) is 1. The second-order valence-electron chi connectivity index (χ2n) is 5.01. The summed E-state index contributed by atoms with van der Waals surface area (Å²) in [7, 11) is 3.85. The first-order valence-electron chi connectivity index (χ1n) is 6.51. The maximum atomic E-state index is 13.7. The molecule has 0 bridgehead atoms. The van der Waals surface area contributed by atoms with Gasteiger partial charge in [-0.25, -0.2) is 8.78 Å². The zero-order valence-electron chi connectivity index (χ0n) is 11.3. The first-order valence-corrected chi connectivity index (χ1v) is 6.51. The van der Waals surface area contributed by atoms with Crippen molar-refractivity contribution in [1.29, 1.82) is 0 Å². The predicted molar refractivity (Wildman–Crippen MR) is 70.1 cm³/mol. The standard InChI is InChI=1S/C14H20F2N2O/c1-17-13(14-9-18(2)5-6-19-14)8-10-7-11(15)3-4-12(10)16/h3-4,7,13-14,17H,5-6,8-9H2,1-2H3. The number of hydrogen-bond donors (Lipinski definition) is 1. The second kappa shape index (κ2) is 6.41. The Morgan fingerprint density at radius 1 is 1.47 bits per heavy atom. The van der Waals surface area contributed by atoms with Crippen molar-refractivity contribution in [2.24, 2.45) is 0 Å². The van der Waals surface area contributed by atoms with E-state index in [0.29, 0.717) is 18.6 Å². The van der Waals surface area contributed by atoms with Crippen LogP contribution in [0.2, 0.25) is 0 Å². The molecular formula is C14H20F2N2O. The van der Waals surface area contributed by atoms with Crippen molar-refractivity contribution >= 4 is 0 Å². The average molecular weight is 270 g/mol. The Balaban J connectivity index is 2.07. The fourth-order valence-corrected chi connectivity index (χ4v) is 2.41. The molecule has 1 saturated heterocycles. The third-order valence-corrected chi connectivity index (χ3v) is 3.56. The normalized spacial score (nSPS) is 22.4. The quantitative estimate of drug-likeness (QED) is 0.895. The van der Waals surface area contributed by atoms with Gasteiger partial charge in [0.2, 0.25) is 0 Å². The van der Waals surface area contributed by atoms with Crippen LogP contribution < -0.4 is 5.32 Å². The highest BCUT2D eigenvalue weighted by atomic mass is 19.1. The van der Waals surface area contributed by atoms with Gasteiger partial charge in [-0.2, -0.15) is 0 Å². The largest absolute Gasteiger partial charge is 0.374 e. The lowest BCUT2D eigenvalue weighted by Crippen LogP contribution is -2.51. The van der Waals surface area contributed by atoms with E-state index in [1.165, 1.54) is 12.1 Å². The molecule has 2 unspecified atom stereocenters. The minimum atomic E-state index is -0.409. The molecule has 1 fully saturated rings. The molecule has 106 valence electrons. The van der Waals surface area contributed by atoms with Gasteiger partial charge in [-0.05, 0) is 44.3 Å². The van der Waals surface area contributed by atoms with Crippen molar-refractivity contribution in [2.75, 3.05) is 33.8 Å². The van der Waals surface area contributed by atoms with Crippen LogP contribution in [0.15, 0.2) is 18.2 Å². The van der Waals surface area contributed by atoms with Crippen LogP contribution in [0.4, 0.5) is 8.78 Å². The fraction of sp³-hybridized carbons (Fsp3) is 0.571. The molecule has 0 spiro atoms. The highest BCUT2D eigenvalue weighted by Crippen LogP contribution is 2.16. The molecule has 0 aliphatic carbocycles. The van der Waals surface area contributed by atoms with E-state index >= 15 is 0 Å². The second-order valence-corrected chi connectivity index (χ2v) is 5.01. The van der Waals surface area contributed by atoms with Crippen molar-refractivity contribution < 1.29 is 13.5 Å². The van der Waals surface area contributed by atoms with Crippen LogP contribution in [0.5, 0.6) is 0 Å². The first kappa shape index (κ1) is 14.4. The number of nitrogens with zero attached hydrogens (tertiary/aromatic N) is 1. The molecule has 0 amide bonds. The van der Waals surface area contributed by atoms with Crippen LogP contribution in [0.3, 0.4) is 0 Å². The molecule has 0 saturated carbocycles. The maximum absolute atomic E-state index is 13.7. The van der Waals surface area contributed by atoms with Crippen molar-refractivity contribution in [2.45, 2.75) is 18.6 Å². The van der Waals surface area contributed by atoms with Crippen LogP contribution in [0, 0.1) is 11.6 Å². The molecule has 0 aromatic heterocycles. The molecule has 1 aromatic carbocycles. The van der Waals surface area contributed by atoms with Crippen molar-refractivity contribution in [1.82, 2.24) is 10.2 Å². The summed E-state index contributed by atoms with van der Waals surface area (Å²) in [6.07, 6.45) is 0.407. The number of nitrogens with one attached hydrogen (secondary N) is 1. The summed E-state index contributed by atoms with van der Waals surface area (Å²) in [5, 5.41) is 3.15. The monoisotopic (exact) mass is 270 g/mol. The summed E-state index contributed by atoms with van der Waals surface area (Å²) >= 11 is 0. The number of benzene rings is 1. The smallest absolute Gasteiger partial charge is 0.126 e. The van der Waals surface area contributed by atoms with E-state index < -0.39 is 5.82 Å². The summed E-state index contributed by atoms with van der Waals surface area (Å²) in [6, 6.07) is 3.54. The molecule has 1 aromatic rings. The predicted octanol–water partition coefficient (Wildman–Crippen LogP) is 1.43. The van der Waals surface area contributed by atoms with Gasteiger partial charge < -0.3 is 15.0 Å². The molecule has 2 rings (SSSR count). The Morgan fingerprint density at radius 3 is 2.95 bits per heavy atom. The van der Waals surface area contributed by atoms with Crippen molar-refractivity contribution in [3.05, 3.63) is 35.4 Å². The number of likely N-dealkylation sites (N-methyl/N-ethyl adjacent to an activating group) is 2. The maximum Gasteiger partial charge on any atom is 0.126 e. The van der Waals surface area contributed by atoms with Crippen LogP contribution in [0.25, 0.3) is 0 Å². The van der Waals surface area contributed by atoms with E-state index in [-0.39, 0.29) is 18.0 Å². The van der Waals surface area contributed by atoms with E-state index in [1.54, 1.807) is 0 Å². The molecule has 5 heteroatoms. The summed E-state index contributed by atoms with van der Waals surface area (Å²) in [5.74, 6) is -0.779. The van der Waals surface area contributed by atoms with Crippen LogP contribution in [0.1, 0.15) is 5.56 Å². The van der Waals surface area contributed by atoms with E-state index in [0.717, 1.165) is 19.2 Å². The van der Waals surface area contributed by atoms with Gasteiger partial charge in [0.05, 0.1) is 12.7 Å². The number of hydrogen-bond acceptors (Lipinski definition) is 3. The summed E-state index contributed by atoms with van der Waals surface area (Å²) in [5.41, 5.74) is 0.385. The van der Waals surface area contributed by atoms with Gasteiger partial charge in [0.1, 0.15) is 11.6 Å². The van der Waals surface area contributed by atoms with Gasteiger partial charge in [0.25, 0.3) is 0 Å². The topological polar surface area (TPSA) is 24.5 Å². The summed E-state index contributed by atoms with van der Waals surface area (Å²) in [4.78, 5) is 2.18. The van der Waals surface area contributed by atoms with Gasteiger partial charge in [-0.3, -0.25) is 0 Å². The van der Waals surface area contributed by atoms with Gasteiger partial charge in [0, 0.05) is 19.1 Å². The Hall–Kier alpha value is -1.04. The Morgan fingerprint density at radius 2 is 2.26 bits per heavy atom. The van der Waals surface area contributed by atoms with Gasteiger partial charge in [-0.15, -0.1) is 0 Å². The highest BCUT2D eigenvalue weighted by Gasteiger charge is 2.26. The lowest BCUT2D eigenvalue weighted by atomic mass is 9.99. The third kappa shape index (κ3) is 3.72. The van der Waals surface area contributed by atoms with E-state index in [1.807, 2.05) is 14.1 Å². The minimum Gasteiger partial charge on any atom is -0.374 e. The molecule has 2 atom stereocenters. The molecule has 1 aliphatic rings. The lowest BCUT2D eigenvalue weighted by Gasteiger charge is -2.35. The number of rotatable bonds is 4. The molecule has 19 heavy (non-hydrogen) atoms. The van der Waals surface area contributed by atoms with E-state index in [9.17, 15) is 8.78 Å². The highest BCUT2D eigenvalue weighted by molar-refractivity contribution is 5.20. The summed E-state index contributed by atoms with van der Waals surface area (Å²) in [6.45, 7) is 2.37. The zero-order valence-corrected chi connectivity index (χ0v) is 11.3. The summed E-state index contributed by atoms with van der Waals surface area (Å²) < 4.78 is 32.6. The molecule has 1 heterocycles. The van der Waals surface area contributed by atoms with Crippen molar-refractivity contribution in [3.63, 3.8) is 0 Å². The third-order valence-electron chi connectivity index (χ3n) is 3.56. The molecule has 1 N–H and O–H groups in total. The Bertz CT molecular complexity index is 428. The van der Waals surface area contributed by atoms with Gasteiger partial charge in [0.15, 0.2) is 0 Å². The molecular weight excluding hydrogens is 250 g/mol.